The molecule has 0 unspecified atom stereocenters. The first-order chi connectivity index (χ1) is 13.3. The lowest BCUT2D eigenvalue weighted by atomic mass is 9.99. The molecule has 9 heteroatoms. The number of sulfonamides is 1. The third-order valence-corrected chi connectivity index (χ3v) is 5.64. The summed E-state index contributed by atoms with van der Waals surface area (Å²) in [4.78, 5) is 3.99. The Kier molecular flexibility index (Phi) is 5.37. The maximum Gasteiger partial charge on any atom is 0.232 e. The van der Waals surface area contributed by atoms with E-state index in [0.717, 1.165) is 12.1 Å². The standard InChI is InChI=1S/C19H19F2N3O3S/c1-3-6-28(25,26)24-15-5-4-14(20)18(19(15)21)13-7-12-10-23-17(22)9-11(12)8-16(13)27-2/h4-5,7-10,24H,3,6H2,1-2H3,(H2,22,23). The predicted octanol–water partition coefficient (Wildman–Crippen LogP) is 3.92. The Morgan fingerprint density at radius 3 is 2.61 bits per heavy atom. The molecule has 0 saturated heterocycles. The van der Waals surface area contributed by atoms with E-state index >= 15 is 4.39 Å². The number of methoxy groups -OCH3 is 1. The Balaban J connectivity index is 2.20. The molecule has 1 aromatic heterocycles. The monoisotopic (exact) mass is 407 g/mol. The number of nitrogen functional groups attached to an aromatic ring is 1. The quantitative estimate of drug-likeness (QED) is 0.646. The number of hydrogen-bond acceptors (Lipinski definition) is 5. The molecule has 0 fully saturated rings. The lowest BCUT2D eigenvalue weighted by Gasteiger charge is -2.15. The molecule has 0 aliphatic carbocycles. The number of anilines is 2. The number of rotatable bonds is 6. The largest absolute Gasteiger partial charge is 0.496 e. The van der Waals surface area contributed by atoms with Gasteiger partial charge in [0.25, 0.3) is 0 Å². The molecule has 3 N–H and O–H groups in total. The number of aromatic nitrogens is 1. The van der Waals surface area contributed by atoms with E-state index in [4.69, 9.17) is 10.5 Å². The molecule has 0 aliphatic rings. The van der Waals surface area contributed by atoms with Gasteiger partial charge in [-0.3, -0.25) is 4.72 Å². The molecule has 1 heterocycles. The van der Waals surface area contributed by atoms with Crippen molar-refractivity contribution >= 4 is 32.3 Å². The average molecular weight is 407 g/mol. The third kappa shape index (κ3) is 3.84. The molecule has 0 saturated carbocycles. The molecular weight excluding hydrogens is 388 g/mol. The SMILES string of the molecule is CCCS(=O)(=O)Nc1ccc(F)c(-c2cc3cnc(N)cc3cc2OC)c1F. The van der Waals surface area contributed by atoms with Crippen LogP contribution in [-0.4, -0.2) is 26.3 Å². The van der Waals surface area contributed by atoms with E-state index in [1.165, 1.54) is 19.4 Å². The number of nitrogens with one attached hydrogen (secondary N) is 1. The highest BCUT2D eigenvalue weighted by molar-refractivity contribution is 7.92. The number of hydrogen-bond donors (Lipinski definition) is 2. The number of ether oxygens (including phenoxy) is 1. The molecule has 3 rings (SSSR count). The van der Waals surface area contributed by atoms with E-state index < -0.39 is 27.2 Å². The summed E-state index contributed by atoms with van der Waals surface area (Å²) in [5.74, 6) is -1.54. The van der Waals surface area contributed by atoms with Crippen molar-refractivity contribution in [2.24, 2.45) is 0 Å². The molecular formula is C19H19F2N3O3S. The first-order valence-electron chi connectivity index (χ1n) is 8.48. The first kappa shape index (κ1) is 19.8. The summed E-state index contributed by atoms with van der Waals surface area (Å²) in [5.41, 5.74) is 5.08. The molecule has 0 aliphatic heterocycles. The molecule has 3 aromatic rings. The number of nitrogens with zero attached hydrogens (tertiary/aromatic N) is 1. The van der Waals surface area contributed by atoms with Crippen molar-refractivity contribution in [1.29, 1.82) is 0 Å². The van der Waals surface area contributed by atoms with Gasteiger partial charge in [0.1, 0.15) is 17.4 Å². The van der Waals surface area contributed by atoms with Crippen LogP contribution in [0.25, 0.3) is 21.9 Å². The van der Waals surface area contributed by atoms with E-state index in [1.54, 1.807) is 19.1 Å². The Bertz CT molecular complexity index is 1150. The molecule has 148 valence electrons. The van der Waals surface area contributed by atoms with Crippen LogP contribution in [0.1, 0.15) is 13.3 Å². The highest BCUT2D eigenvalue weighted by Gasteiger charge is 2.22. The van der Waals surface area contributed by atoms with Crippen LogP contribution in [-0.2, 0) is 10.0 Å². The Morgan fingerprint density at radius 1 is 1.18 bits per heavy atom. The molecule has 6 nitrogen and oxygen atoms in total. The van der Waals surface area contributed by atoms with Gasteiger partial charge in [0.15, 0.2) is 5.82 Å². The maximum absolute atomic E-state index is 15.1. The van der Waals surface area contributed by atoms with Gasteiger partial charge in [-0.1, -0.05) is 6.92 Å². The highest BCUT2D eigenvalue weighted by atomic mass is 32.2. The van der Waals surface area contributed by atoms with E-state index in [2.05, 4.69) is 9.71 Å². The summed E-state index contributed by atoms with van der Waals surface area (Å²) in [6.07, 6.45) is 1.84. The van der Waals surface area contributed by atoms with Gasteiger partial charge in [-0.25, -0.2) is 22.2 Å². The number of benzene rings is 2. The van der Waals surface area contributed by atoms with Crippen LogP contribution >= 0.6 is 0 Å². The van der Waals surface area contributed by atoms with Gasteiger partial charge in [-0.2, -0.15) is 0 Å². The van der Waals surface area contributed by atoms with E-state index in [0.29, 0.717) is 23.0 Å². The number of halogens is 2. The molecule has 0 radical (unpaired) electrons. The maximum atomic E-state index is 15.1. The second-order valence-corrected chi connectivity index (χ2v) is 8.06. The first-order valence-corrected chi connectivity index (χ1v) is 10.1. The lowest BCUT2D eigenvalue weighted by molar-refractivity contribution is 0.416. The van der Waals surface area contributed by atoms with Crippen LogP contribution in [0, 0.1) is 11.6 Å². The highest BCUT2D eigenvalue weighted by Crippen LogP contribution is 2.39. The summed E-state index contributed by atoms with van der Waals surface area (Å²) in [6.45, 7) is 1.69. The minimum atomic E-state index is -3.74. The van der Waals surface area contributed by atoms with Crippen molar-refractivity contribution in [2.45, 2.75) is 13.3 Å². The molecule has 0 atom stereocenters. The van der Waals surface area contributed by atoms with Crippen molar-refractivity contribution in [2.75, 3.05) is 23.3 Å². The van der Waals surface area contributed by atoms with Crippen LogP contribution in [0.4, 0.5) is 20.3 Å². The normalized spacial score (nSPS) is 11.6. The Hall–Kier alpha value is -2.94. The molecule has 28 heavy (non-hydrogen) atoms. The Labute approximate surface area is 161 Å². The third-order valence-electron chi connectivity index (χ3n) is 4.16. The Morgan fingerprint density at radius 2 is 1.93 bits per heavy atom. The van der Waals surface area contributed by atoms with Gasteiger partial charge in [-0.05, 0) is 42.1 Å². The van der Waals surface area contributed by atoms with Gasteiger partial charge in [-0.15, -0.1) is 0 Å². The fourth-order valence-corrected chi connectivity index (χ4v) is 4.05. The average Bonchev–Trinajstić information content (AvgIpc) is 2.63. The van der Waals surface area contributed by atoms with Crippen LogP contribution in [0.15, 0.2) is 36.5 Å². The van der Waals surface area contributed by atoms with Crippen molar-refractivity contribution in [1.82, 2.24) is 4.98 Å². The minimum absolute atomic E-state index is 0.133. The zero-order valence-electron chi connectivity index (χ0n) is 15.3. The molecule has 0 bridgehead atoms. The van der Waals surface area contributed by atoms with Crippen molar-refractivity contribution in [3.05, 3.63) is 48.2 Å². The summed E-state index contributed by atoms with van der Waals surface area (Å²) < 4.78 is 61.1. The van der Waals surface area contributed by atoms with Gasteiger partial charge in [0.2, 0.25) is 10.0 Å². The summed E-state index contributed by atoms with van der Waals surface area (Å²) >= 11 is 0. The zero-order chi connectivity index (χ0) is 20.5. The summed E-state index contributed by atoms with van der Waals surface area (Å²) in [7, 11) is -2.37. The lowest BCUT2D eigenvalue weighted by Crippen LogP contribution is -2.17. The molecule has 0 spiro atoms. The number of pyridine rings is 1. The zero-order valence-corrected chi connectivity index (χ0v) is 16.1. The van der Waals surface area contributed by atoms with Crippen LogP contribution in [0.2, 0.25) is 0 Å². The smallest absolute Gasteiger partial charge is 0.232 e. The van der Waals surface area contributed by atoms with Crippen LogP contribution in [0.5, 0.6) is 5.75 Å². The fourth-order valence-electron chi connectivity index (χ4n) is 2.92. The summed E-state index contributed by atoms with van der Waals surface area (Å²) in [6, 6.07) is 6.79. The van der Waals surface area contributed by atoms with Gasteiger partial charge in [0, 0.05) is 17.1 Å². The van der Waals surface area contributed by atoms with Gasteiger partial charge >= 0.3 is 0 Å². The van der Waals surface area contributed by atoms with Crippen molar-refractivity contribution in [3.8, 4) is 16.9 Å². The minimum Gasteiger partial charge on any atom is -0.496 e. The van der Waals surface area contributed by atoms with Crippen molar-refractivity contribution < 1.29 is 21.9 Å². The van der Waals surface area contributed by atoms with E-state index in [-0.39, 0.29) is 22.8 Å². The van der Waals surface area contributed by atoms with E-state index in [9.17, 15) is 12.8 Å². The number of nitrogens with two attached hydrogens (primary N) is 1. The van der Waals surface area contributed by atoms with E-state index in [1.807, 2.05) is 0 Å². The molecule has 2 aromatic carbocycles. The van der Waals surface area contributed by atoms with Gasteiger partial charge < -0.3 is 10.5 Å². The van der Waals surface area contributed by atoms with Crippen molar-refractivity contribution in [3.63, 3.8) is 0 Å². The second kappa shape index (κ2) is 7.59. The number of fused-ring (bicyclic) bond motifs is 1. The van der Waals surface area contributed by atoms with Crippen LogP contribution in [0.3, 0.4) is 0 Å². The van der Waals surface area contributed by atoms with Gasteiger partial charge in [0.05, 0.1) is 24.1 Å². The summed E-state index contributed by atoms with van der Waals surface area (Å²) in [5, 5.41) is 1.29. The predicted molar refractivity (Wildman–Crippen MR) is 106 cm³/mol. The fraction of sp³-hybridized carbons (Fsp3) is 0.211. The second-order valence-electron chi connectivity index (χ2n) is 6.21. The molecule has 0 amide bonds. The topological polar surface area (TPSA) is 94.3 Å². The van der Waals surface area contributed by atoms with Crippen LogP contribution < -0.4 is 15.2 Å².